The Hall–Kier alpha value is -2.80. The van der Waals surface area contributed by atoms with Crippen molar-refractivity contribution < 1.29 is 9.59 Å². The summed E-state index contributed by atoms with van der Waals surface area (Å²) in [6.07, 6.45) is 3.75. The monoisotopic (exact) mass is 278 g/mol. The quantitative estimate of drug-likeness (QED) is 0.630. The third-order valence-corrected chi connectivity index (χ3v) is 3.38. The summed E-state index contributed by atoms with van der Waals surface area (Å²) in [5.74, 6) is 0. The lowest BCUT2D eigenvalue weighted by atomic mass is 9.96. The molecule has 21 heavy (non-hydrogen) atoms. The molecule has 0 heterocycles. The molecule has 0 aromatic heterocycles. The molecule has 0 N–H and O–H groups in total. The van der Waals surface area contributed by atoms with Gasteiger partial charge in [-0.25, -0.2) is 9.59 Å². The number of aliphatic imine (C=N–C) groups is 2. The molecule has 4 heteroatoms. The summed E-state index contributed by atoms with van der Waals surface area (Å²) >= 11 is 0. The first kappa shape index (κ1) is 14.6. The van der Waals surface area contributed by atoms with Crippen molar-refractivity contribution in [2.24, 2.45) is 9.98 Å². The molecule has 0 saturated heterocycles. The van der Waals surface area contributed by atoms with Gasteiger partial charge in [0.05, 0.1) is 0 Å². The molecule has 0 aliphatic heterocycles. The van der Waals surface area contributed by atoms with E-state index in [1.807, 2.05) is 50.2 Å². The van der Waals surface area contributed by atoms with Crippen LogP contribution in [0, 0.1) is 13.8 Å². The highest BCUT2D eigenvalue weighted by Gasteiger charge is 2.13. The number of aryl methyl sites for hydroxylation is 1. The standard InChI is InChI=1S/C17H14N2O2/c1-12-8-15(9-14-6-4-3-5-7-14)13(2)17(19-11-21)16(12)18-10-20/h3-8H,9H2,1-2H3. The zero-order valence-corrected chi connectivity index (χ0v) is 11.9. The third-order valence-electron chi connectivity index (χ3n) is 3.38. The number of rotatable bonds is 4. The van der Waals surface area contributed by atoms with E-state index < -0.39 is 0 Å². The number of nitrogens with zero attached hydrogens (tertiary/aromatic N) is 2. The Kier molecular flexibility index (Phi) is 4.57. The summed E-state index contributed by atoms with van der Waals surface area (Å²) in [4.78, 5) is 28.5. The van der Waals surface area contributed by atoms with Gasteiger partial charge >= 0.3 is 0 Å². The van der Waals surface area contributed by atoms with E-state index in [0.29, 0.717) is 11.4 Å². The Morgan fingerprint density at radius 1 is 0.952 bits per heavy atom. The van der Waals surface area contributed by atoms with Crippen molar-refractivity contribution in [1.29, 1.82) is 0 Å². The van der Waals surface area contributed by atoms with Crippen LogP contribution < -0.4 is 0 Å². The van der Waals surface area contributed by atoms with Crippen LogP contribution in [0.4, 0.5) is 11.4 Å². The van der Waals surface area contributed by atoms with Gasteiger partial charge in [0.25, 0.3) is 0 Å². The average molecular weight is 278 g/mol. The molecule has 0 amide bonds. The fourth-order valence-corrected chi connectivity index (χ4v) is 2.32. The molecule has 2 aromatic rings. The molecule has 0 spiro atoms. The fourth-order valence-electron chi connectivity index (χ4n) is 2.32. The number of carbonyl (C=O) groups excluding carboxylic acids is 2. The molecule has 0 atom stereocenters. The minimum Gasteiger partial charge on any atom is -0.211 e. The molecule has 4 nitrogen and oxygen atoms in total. The number of benzene rings is 2. The van der Waals surface area contributed by atoms with Crippen LogP contribution in [0.25, 0.3) is 0 Å². The molecule has 0 radical (unpaired) electrons. The second kappa shape index (κ2) is 6.58. The summed E-state index contributed by atoms with van der Waals surface area (Å²) in [5.41, 5.74) is 4.57. The van der Waals surface area contributed by atoms with Gasteiger partial charge in [-0.1, -0.05) is 36.4 Å². The zero-order valence-electron chi connectivity index (χ0n) is 11.9. The van der Waals surface area contributed by atoms with Crippen LogP contribution in [0.3, 0.4) is 0 Å². The van der Waals surface area contributed by atoms with Crippen LogP contribution in [0.5, 0.6) is 0 Å². The van der Waals surface area contributed by atoms with E-state index in [4.69, 9.17) is 0 Å². The predicted molar refractivity (Wildman–Crippen MR) is 80.7 cm³/mol. The molecular formula is C17H14N2O2. The lowest BCUT2D eigenvalue weighted by Crippen LogP contribution is -1.94. The van der Waals surface area contributed by atoms with E-state index in [1.54, 1.807) is 0 Å². The highest BCUT2D eigenvalue weighted by atomic mass is 16.1. The topological polar surface area (TPSA) is 58.9 Å². The summed E-state index contributed by atoms with van der Waals surface area (Å²) in [6.45, 7) is 3.69. The molecule has 104 valence electrons. The lowest BCUT2D eigenvalue weighted by Gasteiger charge is -2.12. The Balaban J connectivity index is 2.58. The second-order valence-corrected chi connectivity index (χ2v) is 4.74. The molecule has 0 fully saturated rings. The minimum atomic E-state index is 0.377. The van der Waals surface area contributed by atoms with Crippen LogP contribution in [0.15, 0.2) is 46.4 Å². The van der Waals surface area contributed by atoms with Crippen molar-refractivity contribution >= 4 is 23.5 Å². The van der Waals surface area contributed by atoms with Crippen molar-refractivity contribution in [1.82, 2.24) is 0 Å². The molecule has 0 bridgehead atoms. The first-order valence-corrected chi connectivity index (χ1v) is 6.50. The average Bonchev–Trinajstić information content (AvgIpc) is 2.49. The fraction of sp³-hybridized carbons (Fsp3) is 0.176. The molecule has 0 unspecified atom stereocenters. The maximum absolute atomic E-state index is 10.6. The zero-order chi connectivity index (χ0) is 15.2. The van der Waals surface area contributed by atoms with Gasteiger partial charge in [-0.2, -0.15) is 9.98 Å². The van der Waals surface area contributed by atoms with Crippen LogP contribution in [0.1, 0.15) is 22.3 Å². The summed E-state index contributed by atoms with van der Waals surface area (Å²) in [6, 6.07) is 12.0. The molecule has 0 aliphatic carbocycles. The highest BCUT2D eigenvalue weighted by Crippen LogP contribution is 2.37. The van der Waals surface area contributed by atoms with Gasteiger partial charge in [0.2, 0.25) is 12.2 Å². The largest absolute Gasteiger partial charge is 0.240 e. The van der Waals surface area contributed by atoms with Crippen LogP contribution >= 0.6 is 0 Å². The van der Waals surface area contributed by atoms with Crippen molar-refractivity contribution in [2.75, 3.05) is 0 Å². The van der Waals surface area contributed by atoms with Crippen molar-refractivity contribution in [3.05, 3.63) is 58.7 Å². The SMILES string of the molecule is Cc1cc(Cc2ccccc2)c(C)c(N=C=O)c1N=C=O. The van der Waals surface area contributed by atoms with Crippen molar-refractivity contribution in [3.63, 3.8) is 0 Å². The molecule has 0 aliphatic rings. The van der Waals surface area contributed by atoms with Crippen LogP contribution in [0.2, 0.25) is 0 Å². The summed E-state index contributed by atoms with van der Waals surface area (Å²) < 4.78 is 0. The second-order valence-electron chi connectivity index (χ2n) is 4.74. The summed E-state index contributed by atoms with van der Waals surface area (Å²) in [7, 11) is 0. The van der Waals surface area contributed by atoms with E-state index >= 15 is 0 Å². The maximum atomic E-state index is 10.6. The Morgan fingerprint density at radius 3 is 2.19 bits per heavy atom. The molecular weight excluding hydrogens is 264 g/mol. The Bertz CT molecular complexity index is 754. The molecule has 0 saturated carbocycles. The van der Waals surface area contributed by atoms with Gasteiger partial charge in [0, 0.05) is 0 Å². The maximum Gasteiger partial charge on any atom is 0.240 e. The summed E-state index contributed by atoms with van der Waals surface area (Å²) in [5, 5.41) is 0. The number of hydrogen-bond donors (Lipinski definition) is 0. The lowest BCUT2D eigenvalue weighted by molar-refractivity contribution is 0.564. The van der Waals surface area contributed by atoms with Gasteiger partial charge in [0.15, 0.2) is 0 Å². The number of isocyanates is 2. The number of hydrogen-bond acceptors (Lipinski definition) is 4. The highest BCUT2D eigenvalue weighted by molar-refractivity contribution is 5.76. The van der Waals surface area contributed by atoms with E-state index in [1.165, 1.54) is 12.2 Å². The van der Waals surface area contributed by atoms with E-state index in [2.05, 4.69) is 9.98 Å². The van der Waals surface area contributed by atoms with E-state index in [0.717, 1.165) is 28.7 Å². The van der Waals surface area contributed by atoms with E-state index in [9.17, 15) is 9.59 Å². The van der Waals surface area contributed by atoms with E-state index in [-0.39, 0.29) is 0 Å². The van der Waals surface area contributed by atoms with Gasteiger partial charge in [0.1, 0.15) is 11.4 Å². The van der Waals surface area contributed by atoms with Crippen molar-refractivity contribution in [2.45, 2.75) is 20.3 Å². The Morgan fingerprint density at radius 2 is 1.57 bits per heavy atom. The smallest absolute Gasteiger partial charge is 0.211 e. The normalized spacial score (nSPS) is 9.62. The van der Waals surface area contributed by atoms with Gasteiger partial charge in [-0.15, -0.1) is 0 Å². The van der Waals surface area contributed by atoms with Crippen LogP contribution in [-0.4, -0.2) is 12.2 Å². The minimum absolute atomic E-state index is 0.377. The van der Waals surface area contributed by atoms with Crippen molar-refractivity contribution in [3.8, 4) is 0 Å². The van der Waals surface area contributed by atoms with Crippen LogP contribution in [-0.2, 0) is 16.0 Å². The van der Waals surface area contributed by atoms with Gasteiger partial charge in [-0.3, -0.25) is 0 Å². The first-order valence-electron chi connectivity index (χ1n) is 6.50. The van der Waals surface area contributed by atoms with Gasteiger partial charge in [-0.05, 0) is 42.5 Å². The Labute approximate surface area is 122 Å². The molecule has 2 rings (SSSR count). The third kappa shape index (κ3) is 3.21. The predicted octanol–water partition coefficient (Wildman–Crippen LogP) is 3.83. The first-order chi connectivity index (χ1) is 10.2. The van der Waals surface area contributed by atoms with Gasteiger partial charge < -0.3 is 0 Å². The molecule has 2 aromatic carbocycles.